The molecule has 0 saturated heterocycles. The fourth-order valence-corrected chi connectivity index (χ4v) is 3.41. The highest BCUT2D eigenvalue weighted by molar-refractivity contribution is 6.09. The minimum absolute atomic E-state index is 0.214. The van der Waals surface area contributed by atoms with E-state index in [0.29, 0.717) is 39.2 Å². The molecule has 0 fully saturated rings. The van der Waals surface area contributed by atoms with Crippen molar-refractivity contribution in [2.45, 2.75) is 0 Å². The molecule has 1 amide bonds. The highest BCUT2D eigenvalue weighted by atomic mass is 16.5. The molecule has 0 radical (unpaired) electrons. The molecule has 2 aliphatic rings. The molecule has 2 aromatic rings. The second kappa shape index (κ2) is 7.71. The number of carboxylic acid groups (broad SMARTS) is 1. The van der Waals surface area contributed by atoms with Gasteiger partial charge in [-0.15, -0.1) is 0 Å². The number of fused-ring (bicyclic) bond motifs is 2. The van der Waals surface area contributed by atoms with Gasteiger partial charge < -0.3 is 19.6 Å². The molecule has 150 valence electrons. The van der Waals surface area contributed by atoms with Crippen LogP contribution in [-0.2, 0) is 4.79 Å². The van der Waals surface area contributed by atoms with Crippen LogP contribution < -0.4 is 15.5 Å². The maximum atomic E-state index is 12.5. The molecule has 0 spiro atoms. The Kier molecular flexibility index (Phi) is 4.93. The van der Waals surface area contributed by atoms with Gasteiger partial charge in [0.1, 0.15) is 17.1 Å². The van der Waals surface area contributed by atoms with Gasteiger partial charge >= 0.3 is 5.97 Å². The molecule has 0 aromatic heterocycles. The Balaban J connectivity index is 2.03. The fraction of sp³-hybridized carbons (Fsp3) is 0.0870. The lowest BCUT2D eigenvalue weighted by atomic mass is 9.90. The van der Waals surface area contributed by atoms with Gasteiger partial charge in [0.2, 0.25) is 0 Å². The average molecular weight is 403 g/mol. The quantitative estimate of drug-likeness (QED) is 0.495. The Bertz CT molecular complexity index is 1310. The molecule has 30 heavy (non-hydrogen) atoms. The summed E-state index contributed by atoms with van der Waals surface area (Å²) in [6.07, 6.45) is 0. The first-order valence-electron chi connectivity index (χ1n) is 9.14. The van der Waals surface area contributed by atoms with Gasteiger partial charge in [-0.1, -0.05) is 18.2 Å². The van der Waals surface area contributed by atoms with Crippen LogP contribution in [0.3, 0.4) is 0 Å². The van der Waals surface area contributed by atoms with Gasteiger partial charge in [-0.2, -0.15) is 0 Å². The summed E-state index contributed by atoms with van der Waals surface area (Å²) in [5, 5.41) is 12.2. The minimum Gasteiger partial charge on any atom is -0.482 e. The second-order valence-corrected chi connectivity index (χ2v) is 6.60. The standard InChI is InChI=1S/C23H17NO6/c1-24-23(28)16-5-3-2-4-15(16)22-17-8-6-13(25)10-19(17)30-20-11-14(7-9-18(20)22)29-12-21(26)27/h2-11H,12H2,1H3,(H,24,28)(H,26,27). The SMILES string of the molecule is CNC(=O)c1ccccc1-c1c2ccc(=O)cc-2oc2cc(OCC(=O)O)ccc12. The van der Waals surface area contributed by atoms with Gasteiger partial charge in [0, 0.05) is 41.3 Å². The summed E-state index contributed by atoms with van der Waals surface area (Å²) in [5.74, 6) is -0.666. The average Bonchev–Trinajstić information content (AvgIpc) is 2.75. The van der Waals surface area contributed by atoms with E-state index in [1.807, 2.05) is 12.1 Å². The van der Waals surface area contributed by atoms with E-state index in [9.17, 15) is 14.4 Å². The lowest BCUT2D eigenvalue weighted by Crippen LogP contribution is -2.18. The summed E-state index contributed by atoms with van der Waals surface area (Å²) in [4.78, 5) is 35.2. The van der Waals surface area contributed by atoms with Crippen LogP contribution in [0.1, 0.15) is 10.4 Å². The van der Waals surface area contributed by atoms with E-state index in [4.69, 9.17) is 14.3 Å². The zero-order valence-corrected chi connectivity index (χ0v) is 16.0. The smallest absolute Gasteiger partial charge is 0.341 e. The van der Waals surface area contributed by atoms with Crippen molar-refractivity contribution in [3.8, 4) is 28.2 Å². The first-order valence-corrected chi connectivity index (χ1v) is 9.14. The molecule has 7 nitrogen and oxygen atoms in total. The van der Waals surface area contributed by atoms with Crippen LogP contribution in [-0.4, -0.2) is 30.6 Å². The molecule has 2 N–H and O–H groups in total. The number of carbonyl (C=O) groups excluding carboxylic acids is 1. The Labute approximate surface area is 170 Å². The van der Waals surface area contributed by atoms with Crippen LogP contribution in [0, 0.1) is 0 Å². The Morgan fingerprint density at radius 3 is 2.60 bits per heavy atom. The summed E-state index contributed by atoms with van der Waals surface area (Å²) in [6.45, 7) is -0.490. The number of carbonyl (C=O) groups is 2. The van der Waals surface area contributed by atoms with Crippen molar-refractivity contribution < 1.29 is 23.8 Å². The zero-order chi connectivity index (χ0) is 21.3. The molecule has 1 aliphatic carbocycles. The first-order chi connectivity index (χ1) is 14.5. The Morgan fingerprint density at radius 2 is 1.83 bits per heavy atom. The molecular weight excluding hydrogens is 386 g/mol. The number of aliphatic carboxylic acids is 1. The van der Waals surface area contributed by atoms with Crippen molar-refractivity contribution in [3.63, 3.8) is 0 Å². The molecule has 0 unspecified atom stereocenters. The highest BCUT2D eigenvalue weighted by Crippen LogP contribution is 2.41. The van der Waals surface area contributed by atoms with Gasteiger partial charge in [0.25, 0.3) is 5.91 Å². The lowest BCUT2D eigenvalue weighted by molar-refractivity contribution is -0.139. The van der Waals surface area contributed by atoms with Crippen LogP contribution in [0.2, 0.25) is 0 Å². The van der Waals surface area contributed by atoms with E-state index < -0.39 is 12.6 Å². The van der Waals surface area contributed by atoms with Crippen LogP contribution in [0.5, 0.6) is 5.75 Å². The topological polar surface area (TPSA) is 106 Å². The lowest BCUT2D eigenvalue weighted by Gasteiger charge is -2.17. The van der Waals surface area contributed by atoms with Gasteiger partial charge in [0.05, 0.1) is 0 Å². The van der Waals surface area contributed by atoms with Crippen molar-refractivity contribution in [2.24, 2.45) is 0 Å². The number of rotatable bonds is 5. The molecule has 7 heteroatoms. The number of hydrogen-bond acceptors (Lipinski definition) is 5. The van der Waals surface area contributed by atoms with E-state index >= 15 is 0 Å². The molecule has 0 bridgehead atoms. The van der Waals surface area contributed by atoms with Crippen molar-refractivity contribution in [3.05, 3.63) is 76.5 Å². The summed E-state index contributed by atoms with van der Waals surface area (Å²) < 4.78 is 11.2. The van der Waals surface area contributed by atoms with E-state index in [2.05, 4.69) is 5.32 Å². The first kappa shape index (κ1) is 19.2. The predicted octanol–water partition coefficient (Wildman–Crippen LogP) is 3.39. The summed E-state index contributed by atoms with van der Waals surface area (Å²) in [6, 6.07) is 16.6. The molecule has 0 atom stereocenters. The van der Waals surface area contributed by atoms with Crippen molar-refractivity contribution in [1.82, 2.24) is 5.32 Å². The van der Waals surface area contributed by atoms with Crippen LogP contribution >= 0.6 is 0 Å². The summed E-state index contributed by atoms with van der Waals surface area (Å²) in [5.41, 5.74) is 2.76. The summed E-state index contributed by atoms with van der Waals surface area (Å²) >= 11 is 0. The fourth-order valence-electron chi connectivity index (χ4n) is 3.41. The number of benzene rings is 3. The molecule has 1 heterocycles. The van der Waals surface area contributed by atoms with E-state index in [1.54, 1.807) is 43.4 Å². The monoisotopic (exact) mass is 403 g/mol. The molecule has 4 rings (SSSR count). The van der Waals surface area contributed by atoms with Crippen molar-refractivity contribution >= 4 is 22.8 Å². The third kappa shape index (κ3) is 3.48. The zero-order valence-electron chi connectivity index (χ0n) is 16.0. The number of amides is 1. The molecule has 0 saturated carbocycles. The van der Waals surface area contributed by atoms with Crippen molar-refractivity contribution in [1.29, 1.82) is 0 Å². The third-order valence-electron chi connectivity index (χ3n) is 4.70. The Hall–Kier alpha value is -4.13. The third-order valence-corrected chi connectivity index (χ3v) is 4.70. The Morgan fingerprint density at radius 1 is 1.03 bits per heavy atom. The highest BCUT2D eigenvalue weighted by Gasteiger charge is 2.21. The van der Waals surface area contributed by atoms with Gasteiger partial charge in [-0.3, -0.25) is 9.59 Å². The maximum Gasteiger partial charge on any atom is 0.341 e. The van der Waals surface area contributed by atoms with E-state index in [-0.39, 0.29) is 11.3 Å². The molecular formula is C23H17NO6. The minimum atomic E-state index is -1.10. The number of hydrogen-bond donors (Lipinski definition) is 2. The molecule has 2 aromatic carbocycles. The van der Waals surface area contributed by atoms with E-state index in [1.165, 1.54) is 12.1 Å². The van der Waals surface area contributed by atoms with Crippen LogP contribution in [0.4, 0.5) is 0 Å². The summed E-state index contributed by atoms with van der Waals surface area (Å²) in [7, 11) is 1.56. The maximum absolute atomic E-state index is 12.5. The van der Waals surface area contributed by atoms with Gasteiger partial charge in [-0.05, 0) is 35.9 Å². The normalized spacial score (nSPS) is 10.8. The second-order valence-electron chi connectivity index (χ2n) is 6.60. The number of carboxylic acids is 1. The number of nitrogens with one attached hydrogen (secondary N) is 1. The van der Waals surface area contributed by atoms with Crippen molar-refractivity contribution in [2.75, 3.05) is 13.7 Å². The van der Waals surface area contributed by atoms with Gasteiger partial charge in [-0.25, -0.2) is 4.79 Å². The van der Waals surface area contributed by atoms with Gasteiger partial charge in [0.15, 0.2) is 12.0 Å². The predicted molar refractivity (Wildman–Crippen MR) is 111 cm³/mol. The van der Waals surface area contributed by atoms with Crippen LogP contribution in [0.15, 0.2) is 69.9 Å². The van der Waals surface area contributed by atoms with Crippen LogP contribution in [0.25, 0.3) is 33.4 Å². The van der Waals surface area contributed by atoms with E-state index in [0.717, 1.165) is 5.56 Å². The number of ether oxygens (including phenoxy) is 1. The molecule has 1 aliphatic heterocycles. The largest absolute Gasteiger partial charge is 0.482 e.